The van der Waals surface area contributed by atoms with E-state index in [1.807, 2.05) is 0 Å². The lowest BCUT2D eigenvalue weighted by atomic mass is 9.71. The lowest BCUT2D eigenvalue weighted by Gasteiger charge is -2.35. The second-order valence-electron chi connectivity index (χ2n) is 56.8. The molecule has 0 radical (unpaired) electrons. The Labute approximate surface area is 893 Å². The van der Waals surface area contributed by atoms with Crippen molar-refractivity contribution in [3.63, 3.8) is 0 Å². The summed E-state index contributed by atoms with van der Waals surface area (Å²) in [5, 5.41) is 0. The Hall–Kier alpha value is 0. The van der Waals surface area contributed by atoms with E-state index in [2.05, 4.69) is 0 Å². The Bertz CT molecular complexity index is 1930. The van der Waals surface area contributed by atoms with Crippen LogP contribution in [0.2, 0.25) is 0 Å². The van der Waals surface area contributed by atoms with Gasteiger partial charge in [-0.2, -0.15) is 0 Å². The summed E-state index contributed by atoms with van der Waals surface area (Å²) in [5.74, 6) is 27.3. The van der Waals surface area contributed by atoms with E-state index in [9.17, 15) is 0 Å². The fraction of sp³-hybridized carbons (Fsp3) is 1.00. The third kappa shape index (κ3) is 47.8. The molecule has 0 spiro atoms. The quantitative estimate of drug-likeness (QED) is 0.193. The van der Waals surface area contributed by atoms with E-state index in [1.165, 1.54) is 449 Å². The van der Waals surface area contributed by atoms with Gasteiger partial charge in [-0.1, -0.05) is 758 Å². The minimum atomic E-state index is 1.14. The van der Waals surface area contributed by atoms with Crippen LogP contribution in [0, 0.1) is 142 Å². The van der Waals surface area contributed by atoms with Crippen molar-refractivity contribution >= 4 is 0 Å². The molecule has 24 aliphatic carbocycles. The Morgan fingerprint density at radius 2 is 0.0634 bits per heavy atom. The van der Waals surface area contributed by atoms with Crippen molar-refractivity contribution in [2.45, 2.75) is 758 Å². The van der Waals surface area contributed by atoms with Gasteiger partial charge in [0.2, 0.25) is 0 Å². The Kier molecular flexibility index (Phi) is 64.2. The van der Waals surface area contributed by atoms with Crippen LogP contribution in [-0.4, -0.2) is 0 Å². The van der Waals surface area contributed by atoms with Gasteiger partial charge in [0, 0.05) is 0 Å². The molecule has 828 valence electrons. The van der Waals surface area contributed by atoms with Gasteiger partial charge in [-0.15, -0.1) is 0 Å². The number of rotatable bonds is 11. The molecule has 0 aliphatic heterocycles. The molecule has 0 nitrogen and oxygen atoms in total. The van der Waals surface area contributed by atoms with Crippen molar-refractivity contribution in [2.24, 2.45) is 142 Å². The monoisotopic (exact) mass is 1970 g/mol. The van der Waals surface area contributed by atoms with Gasteiger partial charge < -0.3 is 0 Å². The first-order chi connectivity index (χ1) is 70.6. The van der Waals surface area contributed by atoms with Crippen LogP contribution in [0.3, 0.4) is 0 Å². The minimum absolute atomic E-state index is 1.14. The highest BCUT2D eigenvalue weighted by molar-refractivity contribution is 4.88. The van der Waals surface area contributed by atoms with E-state index in [1.54, 1.807) is 308 Å². The maximum Gasteiger partial charge on any atom is -0.0386 e. The van der Waals surface area contributed by atoms with Gasteiger partial charge in [-0.05, 0) is 142 Å². The molecule has 0 saturated heterocycles. The van der Waals surface area contributed by atoms with Crippen LogP contribution in [0.25, 0.3) is 0 Å². The lowest BCUT2D eigenvalue weighted by Crippen LogP contribution is -2.22. The second kappa shape index (κ2) is 76.6. The number of hydrogen-bond acceptors (Lipinski definition) is 0. The molecule has 24 saturated carbocycles. The molecule has 0 heterocycles. The first-order valence-corrected chi connectivity index (χ1v) is 70.6. The lowest BCUT2D eigenvalue weighted by molar-refractivity contribution is 0.171. The molecular weight excluding hydrogens is 1710 g/mol. The topological polar surface area (TPSA) is 0 Å². The molecule has 142 heavy (non-hydrogen) atoms. The third-order valence-electron chi connectivity index (χ3n) is 47.1. The molecule has 0 aromatic carbocycles. The summed E-state index contributed by atoms with van der Waals surface area (Å²) in [4.78, 5) is 0. The molecule has 0 atom stereocenters. The summed E-state index contributed by atoms with van der Waals surface area (Å²) in [5.41, 5.74) is 0. The fourth-order valence-corrected chi connectivity index (χ4v) is 38.2. The molecule has 0 aromatic rings. The highest BCUT2D eigenvalue weighted by atomic mass is 14.4. The van der Waals surface area contributed by atoms with E-state index >= 15 is 0 Å². The van der Waals surface area contributed by atoms with Crippen molar-refractivity contribution in [1.29, 1.82) is 0 Å². The SMILES string of the molecule is C1CCC(C2CCCCC2)CC1.C1CCC(C2CCCCC2)CC1.C1CCC(C2CCCCC2)CC1.C1CCC(C2CCCCC2)CC1.C1CCC(C2CCCCC2)CC1.C1CCC(C2CCCCC2)CC1.C1CCC(C2CCCCC2)CC1.C1CCC(C2CCCCC2)CC1.C1CCC(C2CCCCC2)CC1.C1CCC(C2CCCCC2)CC1.C1CCC(C2CCCCC2)CC1.C1CCC2CCCCC2C1. The summed E-state index contributed by atoms with van der Waals surface area (Å²) in [6, 6.07) is 0. The van der Waals surface area contributed by atoms with Crippen LogP contribution in [0.5, 0.6) is 0 Å². The normalized spacial score (nSPS) is 29.8. The van der Waals surface area contributed by atoms with Crippen molar-refractivity contribution in [2.75, 3.05) is 0 Å². The summed E-state index contributed by atoms with van der Waals surface area (Å²) in [7, 11) is 0. The van der Waals surface area contributed by atoms with Gasteiger partial charge in [0.05, 0.1) is 0 Å². The van der Waals surface area contributed by atoms with Crippen molar-refractivity contribution in [3.05, 3.63) is 0 Å². The highest BCUT2D eigenvalue weighted by Gasteiger charge is 2.36. The summed E-state index contributed by atoms with van der Waals surface area (Å²) in [6.45, 7) is 0. The molecule has 24 aliphatic rings. The molecule has 0 amide bonds. The molecule has 0 heteroatoms. The van der Waals surface area contributed by atoms with Gasteiger partial charge in [0.1, 0.15) is 0 Å². The summed E-state index contributed by atoms with van der Waals surface area (Å²) < 4.78 is 0. The van der Waals surface area contributed by atoms with Crippen molar-refractivity contribution < 1.29 is 0 Å². The molecule has 24 fully saturated rings. The van der Waals surface area contributed by atoms with Crippen LogP contribution in [0.4, 0.5) is 0 Å². The van der Waals surface area contributed by atoms with E-state index in [0.29, 0.717) is 0 Å². The fourth-order valence-electron chi connectivity index (χ4n) is 38.2. The molecule has 0 aromatic heterocycles. The van der Waals surface area contributed by atoms with E-state index in [4.69, 9.17) is 0 Å². The third-order valence-corrected chi connectivity index (χ3v) is 47.1. The average molecular weight is 1970 g/mol. The smallest absolute Gasteiger partial charge is 0.0386 e. The maximum atomic E-state index is 1.56. The minimum Gasteiger partial charge on any atom is -0.0533 e. The Morgan fingerprint density at radius 1 is 0.0352 bits per heavy atom. The predicted octanol–water partition coefficient (Wildman–Crippen LogP) is 49.0. The van der Waals surface area contributed by atoms with Gasteiger partial charge in [-0.3, -0.25) is 0 Å². The second-order valence-corrected chi connectivity index (χ2v) is 56.8. The molecule has 0 unspecified atom stereocenters. The molecule has 24 rings (SSSR count). The standard InChI is InChI=1S/11C12H22.C10H18/c11*1-3-7-11(8-4-1)12-9-5-2-6-10-12;1-2-6-10-8-4-3-7-9(10)5-1/h11*11-12H,1-10H2;9-10H,1-8H2. The Balaban J connectivity index is 0.000000130. The molecule has 0 bridgehead atoms. The van der Waals surface area contributed by atoms with Gasteiger partial charge in [0.25, 0.3) is 0 Å². The number of fused-ring (bicyclic) bond motifs is 1. The Morgan fingerprint density at radius 3 is 0.0986 bits per heavy atom. The van der Waals surface area contributed by atoms with E-state index < -0.39 is 0 Å². The van der Waals surface area contributed by atoms with Crippen LogP contribution in [0.1, 0.15) is 758 Å². The molecule has 0 N–H and O–H groups in total. The zero-order valence-electron chi connectivity index (χ0n) is 97.3. The molecular formula is C142H260. The first-order valence-electron chi connectivity index (χ1n) is 70.6. The summed E-state index contributed by atoms with van der Waals surface area (Å²) >= 11 is 0. The van der Waals surface area contributed by atoms with E-state index in [-0.39, 0.29) is 0 Å². The average Bonchev–Trinajstić information content (AvgIpc) is 0.870. The van der Waals surface area contributed by atoms with Crippen LogP contribution in [0.15, 0.2) is 0 Å². The first kappa shape index (κ1) is 119. The van der Waals surface area contributed by atoms with Gasteiger partial charge in [0.15, 0.2) is 0 Å². The van der Waals surface area contributed by atoms with Gasteiger partial charge >= 0.3 is 0 Å². The van der Waals surface area contributed by atoms with Gasteiger partial charge in [-0.25, -0.2) is 0 Å². The number of hydrogen-bond donors (Lipinski definition) is 0. The van der Waals surface area contributed by atoms with Crippen LogP contribution >= 0.6 is 0 Å². The van der Waals surface area contributed by atoms with Crippen LogP contribution in [-0.2, 0) is 0 Å². The maximum absolute atomic E-state index is 1.56. The zero-order valence-corrected chi connectivity index (χ0v) is 97.3. The van der Waals surface area contributed by atoms with Crippen molar-refractivity contribution in [3.8, 4) is 0 Å². The highest BCUT2D eigenvalue weighted by Crippen LogP contribution is 2.50. The van der Waals surface area contributed by atoms with E-state index in [0.717, 1.165) is 142 Å². The summed E-state index contributed by atoms with van der Waals surface area (Å²) in [6.07, 6.45) is 182. The zero-order chi connectivity index (χ0) is 97.3. The predicted molar refractivity (Wildman–Crippen MR) is 629 cm³/mol. The van der Waals surface area contributed by atoms with Crippen LogP contribution < -0.4 is 0 Å². The largest absolute Gasteiger partial charge is 0.0533 e. The van der Waals surface area contributed by atoms with Crippen molar-refractivity contribution in [1.82, 2.24) is 0 Å².